The fourth-order valence-electron chi connectivity index (χ4n) is 1.61. The monoisotopic (exact) mass is 305 g/mol. The van der Waals surface area contributed by atoms with Gasteiger partial charge in [0.25, 0.3) is 5.91 Å². The molecule has 1 rings (SSSR count). The predicted octanol–water partition coefficient (Wildman–Crippen LogP) is 2.16. The second-order valence-electron chi connectivity index (χ2n) is 5.41. The minimum Gasteiger partial charge on any atom is -0.385 e. The Labute approximate surface area is 130 Å². The van der Waals surface area contributed by atoms with Crippen molar-refractivity contribution in [3.8, 4) is 0 Å². The van der Waals surface area contributed by atoms with E-state index in [4.69, 9.17) is 4.84 Å². The molecule has 0 radical (unpaired) electrons. The first kappa shape index (κ1) is 17.7. The van der Waals surface area contributed by atoms with Crippen molar-refractivity contribution < 1.29 is 14.4 Å². The van der Waals surface area contributed by atoms with Crippen LogP contribution in [0.25, 0.3) is 0 Å². The third kappa shape index (κ3) is 6.88. The molecule has 1 aromatic carbocycles. The summed E-state index contributed by atoms with van der Waals surface area (Å²) in [4.78, 5) is 27.5. The van der Waals surface area contributed by atoms with Crippen molar-refractivity contribution in [1.29, 1.82) is 0 Å². The van der Waals surface area contributed by atoms with Crippen LogP contribution in [-0.2, 0) is 14.4 Å². The lowest BCUT2D eigenvalue weighted by Gasteiger charge is -2.07. The molecule has 120 valence electrons. The first-order chi connectivity index (χ1) is 10.4. The highest BCUT2D eigenvalue weighted by atomic mass is 16.6. The number of rotatable bonds is 7. The average Bonchev–Trinajstić information content (AvgIpc) is 2.45. The Morgan fingerprint density at radius 3 is 2.36 bits per heavy atom. The van der Waals surface area contributed by atoms with E-state index in [0.29, 0.717) is 18.2 Å². The minimum absolute atomic E-state index is 0.103. The minimum atomic E-state index is -0.189. The Kier molecular flexibility index (Phi) is 7.08. The molecule has 0 bridgehead atoms. The summed E-state index contributed by atoms with van der Waals surface area (Å²) in [6, 6.07) is 7.22. The van der Waals surface area contributed by atoms with E-state index in [1.807, 2.05) is 26.0 Å². The van der Waals surface area contributed by atoms with Crippen molar-refractivity contribution in [2.24, 2.45) is 11.1 Å². The third-order valence-corrected chi connectivity index (χ3v) is 2.73. The number of carbonyl (C=O) groups excluding carboxylic acids is 2. The zero-order chi connectivity index (χ0) is 16.5. The van der Waals surface area contributed by atoms with Crippen molar-refractivity contribution in [3.63, 3.8) is 0 Å². The zero-order valence-electron chi connectivity index (χ0n) is 13.5. The Hall–Kier alpha value is -2.37. The number of nitrogens with one attached hydrogen (secondary N) is 2. The van der Waals surface area contributed by atoms with Gasteiger partial charge in [-0.1, -0.05) is 31.1 Å². The van der Waals surface area contributed by atoms with E-state index in [9.17, 15) is 9.59 Å². The van der Waals surface area contributed by atoms with Crippen LogP contribution in [0.15, 0.2) is 29.4 Å². The molecule has 2 N–H and O–H groups in total. The Morgan fingerprint density at radius 2 is 1.82 bits per heavy atom. The molecule has 6 heteroatoms. The molecule has 0 unspecified atom stereocenters. The fourth-order valence-corrected chi connectivity index (χ4v) is 1.61. The molecule has 0 heterocycles. The molecular formula is C16H23N3O3. The van der Waals surface area contributed by atoms with Crippen LogP contribution in [0.2, 0.25) is 0 Å². The number of benzene rings is 1. The molecule has 0 atom stereocenters. The van der Waals surface area contributed by atoms with Gasteiger partial charge in [0.15, 0.2) is 6.61 Å². The van der Waals surface area contributed by atoms with Gasteiger partial charge in [0.1, 0.15) is 0 Å². The maximum atomic E-state index is 11.5. The van der Waals surface area contributed by atoms with Gasteiger partial charge in [-0.2, -0.15) is 0 Å². The quantitative estimate of drug-likeness (QED) is 0.598. The number of carbonyl (C=O) groups is 2. The molecular weight excluding hydrogens is 282 g/mol. The summed E-state index contributed by atoms with van der Waals surface area (Å²) < 4.78 is 0. The van der Waals surface area contributed by atoms with Gasteiger partial charge in [-0.3, -0.25) is 9.59 Å². The van der Waals surface area contributed by atoms with Gasteiger partial charge in [0, 0.05) is 19.2 Å². The van der Waals surface area contributed by atoms with Gasteiger partial charge in [-0.05, 0) is 30.5 Å². The first-order valence-electron chi connectivity index (χ1n) is 7.19. The van der Waals surface area contributed by atoms with Gasteiger partial charge < -0.3 is 15.5 Å². The first-order valence-corrected chi connectivity index (χ1v) is 7.19. The molecule has 0 saturated carbocycles. The van der Waals surface area contributed by atoms with E-state index in [2.05, 4.69) is 15.8 Å². The van der Waals surface area contributed by atoms with Gasteiger partial charge in [-0.25, -0.2) is 0 Å². The molecule has 0 saturated heterocycles. The van der Waals surface area contributed by atoms with Crippen LogP contribution in [0.3, 0.4) is 0 Å². The number of nitrogens with zero attached hydrogens (tertiary/aromatic N) is 1. The smallest absolute Gasteiger partial charge is 0.260 e. The maximum Gasteiger partial charge on any atom is 0.260 e. The van der Waals surface area contributed by atoms with Crippen LogP contribution < -0.4 is 10.6 Å². The summed E-state index contributed by atoms with van der Waals surface area (Å²) in [6.07, 6.45) is 0. The summed E-state index contributed by atoms with van der Waals surface area (Å²) in [5, 5.41) is 9.36. The molecule has 0 aliphatic heterocycles. The van der Waals surface area contributed by atoms with Crippen LogP contribution >= 0.6 is 0 Å². The van der Waals surface area contributed by atoms with Crippen molar-refractivity contribution in [2.45, 2.75) is 27.7 Å². The average molecular weight is 305 g/mol. The Bertz CT molecular complexity index is 536. The van der Waals surface area contributed by atoms with Crippen molar-refractivity contribution in [3.05, 3.63) is 29.8 Å². The fraction of sp³-hybridized carbons (Fsp3) is 0.438. The lowest BCUT2D eigenvalue weighted by Crippen LogP contribution is -2.30. The number of oxime groups is 1. The van der Waals surface area contributed by atoms with Gasteiger partial charge in [-0.15, -0.1) is 0 Å². The summed E-state index contributed by atoms with van der Waals surface area (Å²) >= 11 is 0. The molecule has 1 aromatic rings. The third-order valence-electron chi connectivity index (χ3n) is 2.73. The highest BCUT2D eigenvalue weighted by Gasteiger charge is 2.03. The van der Waals surface area contributed by atoms with Gasteiger partial charge in [0.2, 0.25) is 5.91 Å². The topological polar surface area (TPSA) is 79.8 Å². The van der Waals surface area contributed by atoms with E-state index in [-0.39, 0.29) is 18.4 Å². The van der Waals surface area contributed by atoms with Crippen LogP contribution in [0.1, 0.15) is 33.3 Å². The lowest BCUT2D eigenvalue weighted by atomic mass is 10.1. The van der Waals surface area contributed by atoms with E-state index in [0.717, 1.165) is 11.3 Å². The second kappa shape index (κ2) is 8.81. The second-order valence-corrected chi connectivity index (χ2v) is 5.41. The molecule has 0 aliphatic carbocycles. The molecule has 0 spiro atoms. The number of hydrogen-bond donors (Lipinski definition) is 2. The SMILES string of the molecule is CC(=O)Nc1ccc(/C(C)=N/OCC(=O)NCC(C)C)cc1. The van der Waals surface area contributed by atoms with Crippen LogP contribution in [-0.4, -0.2) is 30.7 Å². The number of amides is 2. The van der Waals surface area contributed by atoms with E-state index < -0.39 is 0 Å². The summed E-state index contributed by atoms with van der Waals surface area (Å²) in [7, 11) is 0. The molecule has 6 nitrogen and oxygen atoms in total. The molecule has 0 aromatic heterocycles. The summed E-state index contributed by atoms with van der Waals surface area (Å²) in [6.45, 7) is 7.81. The Balaban J connectivity index is 2.47. The van der Waals surface area contributed by atoms with Crippen molar-refractivity contribution >= 4 is 23.2 Å². The number of anilines is 1. The molecule has 2 amide bonds. The van der Waals surface area contributed by atoms with Crippen LogP contribution in [0, 0.1) is 5.92 Å². The van der Waals surface area contributed by atoms with E-state index >= 15 is 0 Å². The van der Waals surface area contributed by atoms with Gasteiger partial charge >= 0.3 is 0 Å². The lowest BCUT2D eigenvalue weighted by molar-refractivity contribution is -0.125. The highest BCUT2D eigenvalue weighted by molar-refractivity contribution is 5.99. The normalized spacial score (nSPS) is 11.2. The van der Waals surface area contributed by atoms with E-state index in [1.54, 1.807) is 19.1 Å². The zero-order valence-corrected chi connectivity index (χ0v) is 13.5. The van der Waals surface area contributed by atoms with E-state index in [1.165, 1.54) is 6.92 Å². The molecule has 22 heavy (non-hydrogen) atoms. The molecule has 0 fully saturated rings. The largest absolute Gasteiger partial charge is 0.385 e. The highest BCUT2D eigenvalue weighted by Crippen LogP contribution is 2.10. The predicted molar refractivity (Wildman–Crippen MR) is 86.8 cm³/mol. The Morgan fingerprint density at radius 1 is 1.18 bits per heavy atom. The standard InChI is InChI=1S/C16H23N3O3/c1-11(2)9-17-16(21)10-22-19-12(3)14-5-7-15(8-6-14)18-13(4)20/h5-8,11H,9-10H2,1-4H3,(H,17,21)(H,18,20)/b19-12+. The van der Waals surface area contributed by atoms with Crippen LogP contribution in [0.4, 0.5) is 5.69 Å². The van der Waals surface area contributed by atoms with Crippen molar-refractivity contribution in [2.75, 3.05) is 18.5 Å². The van der Waals surface area contributed by atoms with Gasteiger partial charge in [0.05, 0.1) is 5.71 Å². The summed E-state index contributed by atoms with van der Waals surface area (Å²) in [5.41, 5.74) is 2.24. The maximum absolute atomic E-state index is 11.5. The van der Waals surface area contributed by atoms with Crippen LogP contribution in [0.5, 0.6) is 0 Å². The molecule has 0 aliphatic rings. The number of hydrogen-bond acceptors (Lipinski definition) is 4. The van der Waals surface area contributed by atoms with Crippen molar-refractivity contribution in [1.82, 2.24) is 5.32 Å². The summed E-state index contributed by atoms with van der Waals surface area (Å²) in [5.74, 6) is 0.0939.